The molecule has 4 rings (SSSR count). The average Bonchev–Trinajstić information content (AvgIpc) is 2.77. The first-order valence-corrected chi connectivity index (χ1v) is 10.5. The van der Waals surface area contributed by atoms with E-state index in [-0.39, 0.29) is 6.61 Å². The second-order valence-corrected chi connectivity index (χ2v) is 7.99. The van der Waals surface area contributed by atoms with Crippen molar-refractivity contribution in [3.05, 3.63) is 94.8 Å². The molecule has 0 heterocycles. The molecule has 0 fully saturated rings. The fourth-order valence-corrected chi connectivity index (χ4v) is 4.31. The molecule has 1 aliphatic rings. The van der Waals surface area contributed by atoms with Crippen molar-refractivity contribution in [2.24, 2.45) is 0 Å². The number of carbonyl (C=O) groups excluding carboxylic acids is 1. The second kappa shape index (κ2) is 8.61. The Bertz CT molecular complexity index is 1100. The van der Waals surface area contributed by atoms with Gasteiger partial charge in [0, 0.05) is 6.42 Å². The number of aryl methyl sites for hydroxylation is 1. The molecule has 160 valence electrons. The molecule has 31 heavy (non-hydrogen) atoms. The van der Waals surface area contributed by atoms with E-state index in [2.05, 4.69) is 0 Å². The molecule has 0 saturated carbocycles. The van der Waals surface area contributed by atoms with Gasteiger partial charge >= 0.3 is 5.97 Å². The molecule has 0 unspecified atom stereocenters. The van der Waals surface area contributed by atoms with E-state index < -0.39 is 23.5 Å². The Morgan fingerprint density at radius 2 is 1.90 bits per heavy atom. The Morgan fingerprint density at radius 3 is 2.65 bits per heavy atom. The van der Waals surface area contributed by atoms with Crippen molar-refractivity contribution >= 4 is 5.97 Å². The molecule has 0 saturated heterocycles. The van der Waals surface area contributed by atoms with E-state index in [1.54, 1.807) is 19.1 Å². The number of aliphatic hydroxyl groups is 2. The van der Waals surface area contributed by atoms with Crippen LogP contribution in [-0.2, 0) is 17.6 Å². The highest BCUT2D eigenvalue weighted by molar-refractivity contribution is 5.97. The first-order valence-electron chi connectivity index (χ1n) is 10.5. The lowest BCUT2D eigenvalue weighted by atomic mass is 9.74. The first-order chi connectivity index (χ1) is 14.9. The molecular formula is C26H25FO4. The first kappa shape index (κ1) is 21.2. The number of hydrogen-bond donors (Lipinski definition) is 2. The molecule has 3 aromatic carbocycles. The number of carbonyl (C=O) groups is 1. The standard InChI is InChI=1S/C26H25FO4/c1-2-31-25(29)22-11-9-20(27)15-23(22)18-8-10-21-19(14-18)12-13-26(30,24(21)28)16-17-6-4-3-5-7-17/h3-11,14-15,24,28,30H,2,12-13,16H2,1H3/t24-,26+/m0/s1. The third kappa shape index (κ3) is 4.24. The maximum absolute atomic E-state index is 14.0. The van der Waals surface area contributed by atoms with Crippen LogP contribution in [0.2, 0.25) is 0 Å². The van der Waals surface area contributed by atoms with Crippen molar-refractivity contribution in [2.75, 3.05) is 6.61 Å². The third-order valence-corrected chi connectivity index (χ3v) is 5.91. The Labute approximate surface area is 180 Å². The predicted molar refractivity (Wildman–Crippen MR) is 116 cm³/mol. The van der Waals surface area contributed by atoms with Crippen molar-refractivity contribution in [1.29, 1.82) is 0 Å². The smallest absolute Gasteiger partial charge is 0.338 e. The van der Waals surface area contributed by atoms with Crippen LogP contribution >= 0.6 is 0 Å². The molecular weight excluding hydrogens is 395 g/mol. The van der Waals surface area contributed by atoms with Gasteiger partial charge in [-0.1, -0.05) is 48.5 Å². The maximum Gasteiger partial charge on any atom is 0.338 e. The zero-order valence-corrected chi connectivity index (χ0v) is 17.3. The van der Waals surface area contributed by atoms with Crippen LogP contribution in [0, 0.1) is 5.82 Å². The summed E-state index contributed by atoms with van der Waals surface area (Å²) in [7, 11) is 0. The quantitative estimate of drug-likeness (QED) is 0.591. The Kier molecular flexibility index (Phi) is 5.90. The Hall–Kier alpha value is -3.02. The highest BCUT2D eigenvalue weighted by atomic mass is 19.1. The van der Waals surface area contributed by atoms with E-state index >= 15 is 0 Å². The van der Waals surface area contributed by atoms with Gasteiger partial charge in [-0.3, -0.25) is 0 Å². The minimum Gasteiger partial charge on any atom is -0.462 e. The fourth-order valence-electron chi connectivity index (χ4n) is 4.31. The van der Waals surface area contributed by atoms with Gasteiger partial charge < -0.3 is 14.9 Å². The molecule has 5 heteroatoms. The number of fused-ring (bicyclic) bond motifs is 1. The average molecular weight is 420 g/mol. The fraction of sp³-hybridized carbons (Fsp3) is 0.269. The summed E-state index contributed by atoms with van der Waals surface area (Å²) in [6.45, 7) is 1.95. The van der Waals surface area contributed by atoms with Crippen LogP contribution in [0.3, 0.4) is 0 Å². The number of benzene rings is 3. The van der Waals surface area contributed by atoms with Crippen LogP contribution < -0.4 is 0 Å². The second-order valence-electron chi connectivity index (χ2n) is 7.99. The van der Waals surface area contributed by atoms with E-state index in [1.807, 2.05) is 36.4 Å². The van der Waals surface area contributed by atoms with Crippen LogP contribution in [0.4, 0.5) is 4.39 Å². The molecule has 0 bridgehead atoms. The predicted octanol–water partition coefficient (Wildman–Crippen LogP) is 4.62. The number of halogens is 1. The van der Waals surface area contributed by atoms with Crippen LogP contribution in [0.5, 0.6) is 0 Å². The number of hydrogen-bond acceptors (Lipinski definition) is 4. The van der Waals surface area contributed by atoms with Gasteiger partial charge in [-0.05, 0) is 65.8 Å². The van der Waals surface area contributed by atoms with Crippen molar-refractivity contribution in [1.82, 2.24) is 0 Å². The molecule has 0 spiro atoms. The zero-order valence-electron chi connectivity index (χ0n) is 17.3. The lowest BCUT2D eigenvalue weighted by Gasteiger charge is -2.38. The van der Waals surface area contributed by atoms with E-state index in [9.17, 15) is 19.4 Å². The summed E-state index contributed by atoms with van der Waals surface area (Å²) < 4.78 is 19.1. The maximum atomic E-state index is 14.0. The monoisotopic (exact) mass is 420 g/mol. The third-order valence-electron chi connectivity index (χ3n) is 5.91. The SMILES string of the molecule is CCOC(=O)c1ccc(F)cc1-c1ccc2c(c1)CC[C@@](O)(Cc1ccccc1)[C@H]2O. The highest BCUT2D eigenvalue weighted by Gasteiger charge is 2.41. The lowest BCUT2D eigenvalue weighted by Crippen LogP contribution is -2.42. The molecule has 0 aromatic heterocycles. The number of esters is 1. The normalized spacial score (nSPS) is 20.2. The summed E-state index contributed by atoms with van der Waals surface area (Å²) in [5, 5.41) is 22.2. The van der Waals surface area contributed by atoms with E-state index in [0.29, 0.717) is 41.5 Å². The summed E-state index contributed by atoms with van der Waals surface area (Å²) in [5.41, 5.74) is 2.64. The van der Waals surface area contributed by atoms with Crippen molar-refractivity contribution in [2.45, 2.75) is 37.9 Å². The minimum atomic E-state index is -1.26. The molecule has 0 amide bonds. The largest absolute Gasteiger partial charge is 0.462 e. The minimum absolute atomic E-state index is 0.228. The number of ether oxygens (including phenoxy) is 1. The van der Waals surface area contributed by atoms with Gasteiger partial charge in [0.15, 0.2) is 0 Å². The molecule has 0 radical (unpaired) electrons. The van der Waals surface area contributed by atoms with Gasteiger partial charge in [-0.2, -0.15) is 0 Å². The van der Waals surface area contributed by atoms with Crippen LogP contribution in [0.1, 0.15) is 46.5 Å². The topological polar surface area (TPSA) is 66.8 Å². The van der Waals surface area contributed by atoms with Crippen molar-refractivity contribution < 1.29 is 24.1 Å². The van der Waals surface area contributed by atoms with Crippen LogP contribution in [-0.4, -0.2) is 28.4 Å². The van der Waals surface area contributed by atoms with Gasteiger partial charge in [-0.15, -0.1) is 0 Å². The lowest BCUT2D eigenvalue weighted by molar-refractivity contribution is -0.0884. The Morgan fingerprint density at radius 1 is 1.13 bits per heavy atom. The van der Waals surface area contributed by atoms with E-state index in [0.717, 1.165) is 11.1 Å². The van der Waals surface area contributed by atoms with Gasteiger partial charge in [0.05, 0.1) is 17.8 Å². The molecule has 0 aliphatic heterocycles. The van der Waals surface area contributed by atoms with Gasteiger partial charge in [0.25, 0.3) is 0 Å². The van der Waals surface area contributed by atoms with E-state index in [1.165, 1.54) is 18.2 Å². The number of rotatable bonds is 5. The molecule has 3 aromatic rings. The Balaban J connectivity index is 1.67. The molecule has 4 nitrogen and oxygen atoms in total. The molecule has 1 aliphatic carbocycles. The summed E-state index contributed by atoms with van der Waals surface area (Å²) >= 11 is 0. The highest BCUT2D eigenvalue weighted by Crippen LogP contribution is 2.41. The van der Waals surface area contributed by atoms with Gasteiger partial charge in [-0.25, -0.2) is 9.18 Å². The van der Waals surface area contributed by atoms with E-state index in [4.69, 9.17) is 4.74 Å². The summed E-state index contributed by atoms with van der Waals surface area (Å²) in [6.07, 6.45) is 0.274. The summed E-state index contributed by atoms with van der Waals surface area (Å²) in [6, 6.07) is 18.9. The summed E-state index contributed by atoms with van der Waals surface area (Å²) in [4.78, 5) is 12.3. The molecule has 2 N–H and O–H groups in total. The van der Waals surface area contributed by atoms with Gasteiger partial charge in [0.2, 0.25) is 0 Å². The van der Waals surface area contributed by atoms with Gasteiger partial charge in [0.1, 0.15) is 11.9 Å². The van der Waals surface area contributed by atoms with Crippen molar-refractivity contribution in [3.8, 4) is 11.1 Å². The van der Waals surface area contributed by atoms with Crippen molar-refractivity contribution in [3.63, 3.8) is 0 Å². The van der Waals surface area contributed by atoms with Crippen LogP contribution in [0.25, 0.3) is 11.1 Å². The van der Waals surface area contributed by atoms with Crippen LogP contribution in [0.15, 0.2) is 66.7 Å². The summed E-state index contributed by atoms with van der Waals surface area (Å²) in [5.74, 6) is -0.953. The molecule has 2 atom stereocenters. The zero-order chi connectivity index (χ0) is 22.0. The number of aliphatic hydroxyl groups excluding tert-OH is 1.